The van der Waals surface area contributed by atoms with E-state index in [0.717, 1.165) is 37.8 Å². The SMILES string of the molecule is O=C(Nc1ccccc1Cl)N1CCN(c2cc(N3CCCCC3)ncn2)CC1. The molecule has 0 spiro atoms. The predicted molar refractivity (Wildman–Crippen MR) is 112 cm³/mol. The minimum Gasteiger partial charge on any atom is -0.356 e. The van der Waals surface area contributed by atoms with Crippen LogP contribution in [-0.2, 0) is 0 Å². The number of urea groups is 1. The summed E-state index contributed by atoms with van der Waals surface area (Å²) in [7, 11) is 0. The monoisotopic (exact) mass is 400 g/mol. The van der Waals surface area contributed by atoms with Crippen LogP contribution < -0.4 is 15.1 Å². The maximum Gasteiger partial charge on any atom is 0.322 e. The topological polar surface area (TPSA) is 64.6 Å². The molecule has 0 aliphatic carbocycles. The average molecular weight is 401 g/mol. The van der Waals surface area contributed by atoms with Crippen molar-refractivity contribution in [3.05, 3.63) is 41.7 Å². The molecule has 2 aliphatic heterocycles. The lowest BCUT2D eigenvalue weighted by atomic mass is 10.1. The van der Waals surface area contributed by atoms with Gasteiger partial charge in [-0.05, 0) is 31.4 Å². The summed E-state index contributed by atoms with van der Waals surface area (Å²) in [6.45, 7) is 4.89. The Kier molecular flexibility index (Phi) is 5.81. The summed E-state index contributed by atoms with van der Waals surface area (Å²) in [5.74, 6) is 1.94. The van der Waals surface area contributed by atoms with Crippen LogP contribution in [0.5, 0.6) is 0 Å². The molecule has 8 heteroatoms. The van der Waals surface area contributed by atoms with Crippen molar-refractivity contribution in [1.82, 2.24) is 14.9 Å². The van der Waals surface area contributed by atoms with Gasteiger partial charge in [0.1, 0.15) is 18.0 Å². The lowest BCUT2D eigenvalue weighted by molar-refractivity contribution is 0.208. The number of carbonyl (C=O) groups is 1. The quantitative estimate of drug-likeness (QED) is 0.854. The van der Waals surface area contributed by atoms with Crippen molar-refractivity contribution in [1.29, 1.82) is 0 Å². The van der Waals surface area contributed by atoms with Crippen molar-refractivity contribution in [2.75, 3.05) is 54.4 Å². The average Bonchev–Trinajstić information content (AvgIpc) is 2.76. The number of para-hydroxylation sites is 1. The third-order valence-corrected chi connectivity index (χ3v) is 5.65. The number of rotatable bonds is 3. The molecule has 3 heterocycles. The standard InChI is InChI=1S/C20H25ClN6O/c21-16-6-2-3-7-17(16)24-20(28)27-12-10-26(11-13-27)19-14-18(22-15-23-19)25-8-4-1-5-9-25/h2-3,6-7,14-15H,1,4-5,8-13H2,(H,24,28). The molecule has 0 bridgehead atoms. The van der Waals surface area contributed by atoms with Crippen molar-refractivity contribution >= 4 is 35.0 Å². The number of amides is 2. The largest absolute Gasteiger partial charge is 0.356 e. The molecule has 0 saturated carbocycles. The number of anilines is 3. The summed E-state index contributed by atoms with van der Waals surface area (Å²) < 4.78 is 0. The Morgan fingerprint density at radius 2 is 1.54 bits per heavy atom. The number of halogens is 1. The molecular weight excluding hydrogens is 376 g/mol. The normalized spacial score (nSPS) is 17.5. The molecule has 28 heavy (non-hydrogen) atoms. The maximum absolute atomic E-state index is 12.5. The minimum absolute atomic E-state index is 0.121. The van der Waals surface area contributed by atoms with Crippen molar-refractivity contribution in [3.63, 3.8) is 0 Å². The lowest BCUT2D eigenvalue weighted by Crippen LogP contribution is -2.50. The van der Waals surface area contributed by atoms with Crippen LogP contribution in [0.1, 0.15) is 19.3 Å². The fourth-order valence-electron chi connectivity index (χ4n) is 3.70. The van der Waals surface area contributed by atoms with Gasteiger partial charge < -0.3 is 20.0 Å². The van der Waals surface area contributed by atoms with Crippen LogP contribution >= 0.6 is 11.6 Å². The zero-order chi connectivity index (χ0) is 19.3. The van der Waals surface area contributed by atoms with Gasteiger partial charge in [-0.2, -0.15) is 0 Å². The third kappa shape index (κ3) is 4.30. The first-order chi connectivity index (χ1) is 13.7. The van der Waals surface area contributed by atoms with E-state index in [0.29, 0.717) is 23.8 Å². The van der Waals surface area contributed by atoms with Gasteiger partial charge in [0.05, 0.1) is 10.7 Å². The first kappa shape index (κ1) is 18.8. The van der Waals surface area contributed by atoms with Gasteiger partial charge in [-0.25, -0.2) is 14.8 Å². The molecule has 0 radical (unpaired) electrons. The number of piperazine rings is 1. The molecule has 2 saturated heterocycles. The van der Waals surface area contributed by atoms with E-state index >= 15 is 0 Å². The van der Waals surface area contributed by atoms with Gasteiger partial charge in [0.15, 0.2) is 0 Å². The number of nitrogens with one attached hydrogen (secondary N) is 1. The van der Waals surface area contributed by atoms with Gasteiger partial charge in [0, 0.05) is 45.3 Å². The van der Waals surface area contributed by atoms with Gasteiger partial charge >= 0.3 is 6.03 Å². The zero-order valence-corrected chi connectivity index (χ0v) is 16.6. The Bertz CT molecular complexity index is 818. The Morgan fingerprint density at radius 3 is 2.21 bits per heavy atom. The van der Waals surface area contributed by atoms with Crippen molar-refractivity contribution in [2.45, 2.75) is 19.3 Å². The lowest BCUT2D eigenvalue weighted by Gasteiger charge is -2.36. The Morgan fingerprint density at radius 1 is 0.893 bits per heavy atom. The molecule has 2 fully saturated rings. The molecule has 1 N–H and O–H groups in total. The van der Waals surface area contributed by atoms with E-state index in [9.17, 15) is 4.79 Å². The van der Waals surface area contributed by atoms with Crippen LogP contribution in [0.2, 0.25) is 5.02 Å². The molecule has 0 atom stereocenters. The molecular formula is C20H25ClN6O. The number of hydrogen-bond acceptors (Lipinski definition) is 5. The number of nitrogens with zero attached hydrogens (tertiary/aromatic N) is 5. The van der Waals surface area contributed by atoms with Gasteiger partial charge in [-0.3, -0.25) is 0 Å². The van der Waals surface area contributed by atoms with Crippen molar-refractivity contribution in [3.8, 4) is 0 Å². The second-order valence-electron chi connectivity index (χ2n) is 7.17. The highest BCUT2D eigenvalue weighted by Gasteiger charge is 2.23. The number of benzene rings is 1. The smallest absolute Gasteiger partial charge is 0.322 e. The van der Waals surface area contributed by atoms with Crippen molar-refractivity contribution < 1.29 is 4.79 Å². The number of carbonyl (C=O) groups excluding carboxylic acids is 1. The molecule has 4 rings (SSSR count). The fourth-order valence-corrected chi connectivity index (χ4v) is 3.88. The second-order valence-corrected chi connectivity index (χ2v) is 7.57. The first-order valence-corrected chi connectivity index (χ1v) is 10.2. The highest BCUT2D eigenvalue weighted by atomic mass is 35.5. The van der Waals surface area contributed by atoms with Crippen LogP contribution in [0.4, 0.5) is 22.1 Å². The van der Waals surface area contributed by atoms with Crippen LogP contribution in [0.3, 0.4) is 0 Å². The van der Waals surface area contributed by atoms with Crippen molar-refractivity contribution in [2.24, 2.45) is 0 Å². The first-order valence-electron chi connectivity index (χ1n) is 9.83. The third-order valence-electron chi connectivity index (χ3n) is 5.32. The molecule has 0 unspecified atom stereocenters. The van der Waals surface area contributed by atoms with E-state index in [4.69, 9.17) is 11.6 Å². The minimum atomic E-state index is -0.121. The van der Waals surface area contributed by atoms with Gasteiger partial charge in [-0.15, -0.1) is 0 Å². The Balaban J connectivity index is 1.35. The Hall–Kier alpha value is -2.54. The summed E-state index contributed by atoms with van der Waals surface area (Å²) in [5, 5.41) is 3.43. The van der Waals surface area contributed by atoms with Crippen LogP contribution in [-0.4, -0.2) is 60.2 Å². The highest BCUT2D eigenvalue weighted by molar-refractivity contribution is 6.33. The summed E-state index contributed by atoms with van der Waals surface area (Å²) in [6, 6.07) is 9.23. The summed E-state index contributed by atoms with van der Waals surface area (Å²) in [6.07, 6.45) is 5.39. The summed E-state index contributed by atoms with van der Waals surface area (Å²) in [4.78, 5) is 27.8. The van der Waals surface area contributed by atoms with Gasteiger partial charge in [0.2, 0.25) is 0 Å². The molecule has 2 aromatic rings. The van der Waals surface area contributed by atoms with Crippen LogP contribution in [0, 0.1) is 0 Å². The summed E-state index contributed by atoms with van der Waals surface area (Å²) >= 11 is 6.13. The molecule has 1 aromatic carbocycles. The van der Waals surface area contributed by atoms with Crippen LogP contribution in [0.25, 0.3) is 0 Å². The van der Waals surface area contributed by atoms with E-state index in [1.807, 2.05) is 17.0 Å². The van der Waals surface area contributed by atoms with E-state index in [1.54, 1.807) is 18.5 Å². The number of aromatic nitrogens is 2. The highest BCUT2D eigenvalue weighted by Crippen LogP contribution is 2.23. The maximum atomic E-state index is 12.5. The molecule has 2 aliphatic rings. The van der Waals surface area contributed by atoms with Gasteiger partial charge in [0.25, 0.3) is 0 Å². The molecule has 148 valence electrons. The molecule has 2 amide bonds. The second kappa shape index (κ2) is 8.65. The van der Waals surface area contributed by atoms with Gasteiger partial charge in [-0.1, -0.05) is 23.7 Å². The van der Waals surface area contributed by atoms with E-state index < -0.39 is 0 Å². The van der Waals surface area contributed by atoms with E-state index in [-0.39, 0.29) is 6.03 Å². The molecule has 7 nitrogen and oxygen atoms in total. The number of hydrogen-bond donors (Lipinski definition) is 1. The molecule has 1 aromatic heterocycles. The number of piperidine rings is 1. The van der Waals surface area contributed by atoms with E-state index in [2.05, 4.69) is 31.2 Å². The zero-order valence-electron chi connectivity index (χ0n) is 15.9. The van der Waals surface area contributed by atoms with Crippen LogP contribution in [0.15, 0.2) is 36.7 Å². The summed E-state index contributed by atoms with van der Waals surface area (Å²) in [5.41, 5.74) is 0.638. The van der Waals surface area contributed by atoms with E-state index in [1.165, 1.54) is 19.3 Å². The Labute approximate surface area is 170 Å². The fraction of sp³-hybridized carbons (Fsp3) is 0.450. The predicted octanol–water partition coefficient (Wildman–Crippen LogP) is 3.47.